The Morgan fingerprint density at radius 3 is 1.42 bits per heavy atom. The third-order valence-corrected chi connectivity index (χ3v) is 10.8. The Balaban J connectivity index is 1.10. The molecule has 3 heterocycles. The molecule has 0 fully saturated rings. The minimum absolute atomic E-state index is 0.635. The average molecular weight is 728 g/mol. The van der Waals surface area contributed by atoms with Crippen molar-refractivity contribution < 1.29 is 0 Å². The molecule has 0 amide bonds. The molecule has 11 rings (SSSR count). The molecule has 0 bridgehead atoms. The molecular formula is C52H33N5. The van der Waals surface area contributed by atoms with Crippen LogP contribution in [0.4, 0.5) is 0 Å². The fraction of sp³-hybridized carbons (Fsp3) is 0. The molecule has 0 N–H and O–H groups in total. The number of hydrogen-bond acceptors (Lipinski definition) is 4. The van der Waals surface area contributed by atoms with Crippen LogP contribution < -0.4 is 0 Å². The monoisotopic (exact) mass is 727 g/mol. The second kappa shape index (κ2) is 13.5. The molecule has 0 saturated heterocycles. The summed E-state index contributed by atoms with van der Waals surface area (Å²) in [6.07, 6.45) is 0. The van der Waals surface area contributed by atoms with Gasteiger partial charge in [0.15, 0.2) is 17.5 Å². The first-order valence-corrected chi connectivity index (χ1v) is 19.1. The van der Waals surface area contributed by atoms with E-state index < -0.39 is 0 Å². The number of benzene rings is 8. The van der Waals surface area contributed by atoms with Crippen LogP contribution in [-0.2, 0) is 0 Å². The van der Waals surface area contributed by atoms with E-state index in [2.05, 4.69) is 144 Å². The van der Waals surface area contributed by atoms with Crippen molar-refractivity contribution in [1.29, 1.82) is 0 Å². The van der Waals surface area contributed by atoms with Gasteiger partial charge in [-0.3, -0.25) is 0 Å². The summed E-state index contributed by atoms with van der Waals surface area (Å²) in [5.41, 5.74) is 11.5. The zero-order valence-electron chi connectivity index (χ0n) is 30.8. The highest BCUT2D eigenvalue weighted by Crippen LogP contribution is 2.43. The molecule has 8 aromatic carbocycles. The van der Waals surface area contributed by atoms with Crippen molar-refractivity contribution in [2.75, 3.05) is 0 Å². The summed E-state index contributed by atoms with van der Waals surface area (Å²) in [4.78, 5) is 20.1. The smallest absolute Gasteiger partial charge is 0.164 e. The first-order valence-electron chi connectivity index (χ1n) is 19.1. The molecule has 0 atom stereocenters. The molecule has 266 valence electrons. The molecule has 0 unspecified atom stereocenters. The predicted octanol–water partition coefficient (Wildman–Crippen LogP) is 13.0. The molecule has 0 aliphatic heterocycles. The lowest BCUT2D eigenvalue weighted by Gasteiger charge is -2.12. The Labute approximate surface area is 329 Å². The third kappa shape index (κ3) is 5.64. The van der Waals surface area contributed by atoms with E-state index in [1.54, 1.807) is 0 Å². The zero-order chi connectivity index (χ0) is 37.7. The summed E-state index contributed by atoms with van der Waals surface area (Å²) in [5.74, 6) is 1.93. The highest BCUT2D eigenvalue weighted by Gasteiger charge is 2.21. The standard InChI is InChI=1S/C52H33N5/c1-5-15-35(16-6-1)49-48-42(41-23-13-14-24-44(41)53-49)31-32-45-47(48)43-30-29-39(33-46(43)57(45)40-21-11-4-12-22-40)34-25-27-38(28-26-34)52-55-50(36-17-7-2-8-18-36)54-51(56-52)37-19-9-3-10-20-37/h1-33H. The SMILES string of the molecule is c1ccc(-c2nc(-c3ccccc3)nc(-c3ccc(-c4ccc5c6c7c(-c8ccccc8)nc8ccccc8c7ccc6n(-c6ccccc6)c5c4)cc3)n2)cc1. The van der Waals surface area contributed by atoms with Crippen molar-refractivity contribution in [2.45, 2.75) is 0 Å². The van der Waals surface area contributed by atoms with E-state index >= 15 is 0 Å². The Morgan fingerprint density at radius 1 is 0.298 bits per heavy atom. The molecule has 0 saturated carbocycles. The third-order valence-electron chi connectivity index (χ3n) is 10.8. The highest BCUT2D eigenvalue weighted by molar-refractivity contribution is 6.28. The minimum atomic E-state index is 0.635. The summed E-state index contributed by atoms with van der Waals surface area (Å²) >= 11 is 0. The van der Waals surface area contributed by atoms with Crippen LogP contribution in [0.1, 0.15) is 0 Å². The first kappa shape index (κ1) is 32.7. The first-order chi connectivity index (χ1) is 28.3. The van der Waals surface area contributed by atoms with Gasteiger partial charge in [-0.05, 0) is 46.8 Å². The van der Waals surface area contributed by atoms with Crippen LogP contribution in [-0.4, -0.2) is 24.5 Å². The number of rotatable bonds is 6. The van der Waals surface area contributed by atoms with Gasteiger partial charge in [0.1, 0.15) is 0 Å². The van der Waals surface area contributed by atoms with Crippen LogP contribution in [0.5, 0.6) is 0 Å². The molecule has 0 aliphatic carbocycles. The normalized spacial score (nSPS) is 11.5. The van der Waals surface area contributed by atoms with Gasteiger partial charge in [-0.1, -0.05) is 170 Å². The van der Waals surface area contributed by atoms with E-state index in [9.17, 15) is 0 Å². The maximum absolute atomic E-state index is 5.33. The lowest BCUT2D eigenvalue weighted by molar-refractivity contribution is 1.07. The number of fused-ring (bicyclic) bond motifs is 7. The Kier molecular flexibility index (Phi) is 7.74. The van der Waals surface area contributed by atoms with E-state index in [0.29, 0.717) is 17.5 Å². The molecule has 0 radical (unpaired) electrons. The minimum Gasteiger partial charge on any atom is -0.309 e. The van der Waals surface area contributed by atoms with Crippen molar-refractivity contribution in [3.63, 3.8) is 0 Å². The molecule has 0 spiro atoms. The van der Waals surface area contributed by atoms with Gasteiger partial charge < -0.3 is 4.57 Å². The second-order valence-electron chi connectivity index (χ2n) is 14.2. The van der Waals surface area contributed by atoms with Crippen LogP contribution in [0.3, 0.4) is 0 Å². The van der Waals surface area contributed by atoms with Crippen LogP contribution in [0, 0.1) is 0 Å². The van der Waals surface area contributed by atoms with E-state index in [-0.39, 0.29) is 0 Å². The Bertz CT molecular complexity index is 3190. The summed E-state index contributed by atoms with van der Waals surface area (Å²) in [7, 11) is 0. The van der Waals surface area contributed by atoms with Gasteiger partial charge in [0.25, 0.3) is 0 Å². The van der Waals surface area contributed by atoms with Crippen LogP contribution in [0.25, 0.3) is 106 Å². The summed E-state index contributed by atoms with van der Waals surface area (Å²) in [5, 5.41) is 5.89. The van der Waals surface area contributed by atoms with Crippen molar-refractivity contribution in [1.82, 2.24) is 24.5 Å². The number of para-hydroxylation sites is 2. The molecule has 57 heavy (non-hydrogen) atoms. The molecule has 3 aromatic heterocycles. The molecule has 5 heteroatoms. The lowest BCUT2D eigenvalue weighted by Crippen LogP contribution is -2.00. The number of aromatic nitrogens is 5. The summed E-state index contributed by atoms with van der Waals surface area (Å²) < 4.78 is 2.40. The quantitative estimate of drug-likeness (QED) is 0.160. The van der Waals surface area contributed by atoms with E-state index in [4.69, 9.17) is 19.9 Å². The predicted molar refractivity (Wildman–Crippen MR) is 234 cm³/mol. The second-order valence-corrected chi connectivity index (χ2v) is 14.2. The molecular weight excluding hydrogens is 695 g/mol. The summed E-state index contributed by atoms with van der Waals surface area (Å²) in [6.45, 7) is 0. The largest absolute Gasteiger partial charge is 0.309 e. The highest BCUT2D eigenvalue weighted by atomic mass is 15.0. The summed E-state index contributed by atoms with van der Waals surface area (Å²) in [6, 6.07) is 69.8. The molecule has 5 nitrogen and oxygen atoms in total. The van der Waals surface area contributed by atoms with Crippen molar-refractivity contribution in [3.05, 3.63) is 200 Å². The van der Waals surface area contributed by atoms with Crippen molar-refractivity contribution in [3.8, 4) is 62.2 Å². The zero-order valence-corrected chi connectivity index (χ0v) is 30.8. The van der Waals surface area contributed by atoms with Gasteiger partial charge in [-0.15, -0.1) is 0 Å². The van der Waals surface area contributed by atoms with Gasteiger partial charge >= 0.3 is 0 Å². The van der Waals surface area contributed by atoms with E-state index in [1.165, 1.54) is 16.2 Å². The fourth-order valence-corrected chi connectivity index (χ4v) is 8.14. The maximum atomic E-state index is 5.33. The van der Waals surface area contributed by atoms with Crippen molar-refractivity contribution >= 4 is 43.5 Å². The fourth-order valence-electron chi connectivity index (χ4n) is 8.14. The van der Waals surface area contributed by atoms with Gasteiger partial charge in [0.2, 0.25) is 0 Å². The van der Waals surface area contributed by atoms with Gasteiger partial charge in [-0.2, -0.15) is 0 Å². The Hall–Kier alpha value is -7.76. The maximum Gasteiger partial charge on any atom is 0.164 e. The van der Waals surface area contributed by atoms with Gasteiger partial charge in [-0.25, -0.2) is 19.9 Å². The van der Waals surface area contributed by atoms with Crippen LogP contribution in [0.2, 0.25) is 0 Å². The average Bonchev–Trinajstić information content (AvgIpc) is 3.63. The molecule has 11 aromatic rings. The van der Waals surface area contributed by atoms with Crippen LogP contribution in [0.15, 0.2) is 200 Å². The van der Waals surface area contributed by atoms with E-state index in [1.807, 2.05) is 60.7 Å². The lowest BCUT2D eigenvalue weighted by atomic mass is 9.95. The molecule has 0 aliphatic rings. The number of pyridine rings is 1. The number of nitrogens with zero attached hydrogens (tertiary/aromatic N) is 5. The Morgan fingerprint density at radius 2 is 0.789 bits per heavy atom. The van der Waals surface area contributed by atoms with Gasteiger partial charge in [0, 0.05) is 49.5 Å². The van der Waals surface area contributed by atoms with Crippen molar-refractivity contribution in [2.24, 2.45) is 0 Å². The topological polar surface area (TPSA) is 56.5 Å². The van der Waals surface area contributed by atoms with Gasteiger partial charge in [0.05, 0.1) is 22.2 Å². The number of hydrogen-bond donors (Lipinski definition) is 0. The van der Waals surface area contributed by atoms with E-state index in [0.717, 1.165) is 72.1 Å². The van der Waals surface area contributed by atoms with Crippen LogP contribution >= 0.6 is 0 Å².